The largest absolute Gasteiger partial charge is 0.457 e. The van der Waals surface area contributed by atoms with Crippen LogP contribution in [0.25, 0.3) is 0 Å². The molecule has 0 bridgehead atoms. The average Bonchev–Trinajstić information content (AvgIpc) is 3.23. The molecule has 8 aromatic carbocycles. The normalized spacial score (nSPS) is 11.2. The summed E-state index contributed by atoms with van der Waals surface area (Å²) in [4.78, 5) is 7.98. The zero-order chi connectivity index (χ0) is 39.1. The van der Waals surface area contributed by atoms with E-state index in [1.807, 2.05) is 0 Å². The second kappa shape index (κ2) is 17.9. The van der Waals surface area contributed by atoms with Crippen LogP contribution in [0.2, 0.25) is 0 Å². The van der Waals surface area contributed by atoms with Gasteiger partial charge in [0.2, 0.25) is 0 Å². The van der Waals surface area contributed by atoms with Crippen molar-refractivity contribution >= 4 is 21.8 Å². The van der Waals surface area contributed by atoms with Crippen LogP contribution in [0.5, 0.6) is 23.0 Å². The fourth-order valence-corrected chi connectivity index (χ4v) is 13.6. The molecule has 0 fully saturated rings. The molecule has 2 nitrogen and oxygen atoms in total. The van der Waals surface area contributed by atoms with E-state index in [0.29, 0.717) is 0 Å². The summed E-state index contributed by atoms with van der Waals surface area (Å²) in [5.41, 5.74) is 5.22. The average molecular weight is 892 g/mol. The molecule has 0 aliphatic carbocycles. The molecule has 0 amide bonds. The molecule has 57 heavy (non-hydrogen) atoms. The van der Waals surface area contributed by atoms with Crippen LogP contribution in [0.4, 0.5) is 0 Å². The third-order valence-corrected chi connectivity index (χ3v) is 17.5. The van der Waals surface area contributed by atoms with Crippen molar-refractivity contribution < 1.29 is 30.7 Å². The summed E-state index contributed by atoms with van der Waals surface area (Å²) >= 11 is -0.353. The van der Waals surface area contributed by atoms with Crippen LogP contribution in [0.1, 0.15) is 22.3 Å². The van der Waals surface area contributed by atoms with Crippen LogP contribution in [0.3, 0.4) is 0 Å². The van der Waals surface area contributed by atoms with E-state index in [0.717, 1.165) is 23.0 Å². The summed E-state index contributed by atoms with van der Waals surface area (Å²) in [5, 5.41) is 0. The Labute approximate surface area is 353 Å². The molecule has 0 spiro atoms. The van der Waals surface area contributed by atoms with Gasteiger partial charge in [-0.2, -0.15) is 0 Å². The van der Waals surface area contributed by atoms with Gasteiger partial charge in [-0.25, -0.2) is 0 Å². The smallest absolute Gasteiger partial charge is 0.357 e. The standard InChI is InChI=1S/C52H44IO2S2/c1-37-13-5-9-17-49(37)56(50-18-10-6-14-38(50)2)47-33-29-45(30-34-47)54-43-25-21-41(22-26-43)53-42-23-27-44(28-24-42)55-46-31-35-48(36-32-46)57(51-19-11-7-15-39(51)3)52-20-12-8-16-40(52)4/h5-36H,1-4H3/q+3. The van der Waals surface area contributed by atoms with Crippen LogP contribution in [0.15, 0.2) is 223 Å². The van der Waals surface area contributed by atoms with Gasteiger partial charge in [0.25, 0.3) is 0 Å². The molecule has 0 saturated heterocycles. The lowest BCUT2D eigenvalue weighted by Gasteiger charge is -2.12. The van der Waals surface area contributed by atoms with Crippen LogP contribution < -0.4 is 30.7 Å². The number of hydrogen-bond donors (Lipinski definition) is 0. The van der Waals surface area contributed by atoms with Crippen molar-refractivity contribution in [3.63, 3.8) is 0 Å². The Hall–Kier alpha value is -5.21. The number of aryl methyl sites for hydroxylation is 4. The maximum atomic E-state index is 6.32. The van der Waals surface area contributed by atoms with Crippen LogP contribution in [-0.4, -0.2) is 0 Å². The Kier molecular flexibility index (Phi) is 12.2. The monoisotopic (exact) mass is 891 g/mol. The summed E-state index contributed by atoms with van der Waals surface area (Å²) < 4.78 is 15.3. The molecular weight excluding hydrogens is 848 g/mol. The molecule has 0 N–H and O–H groups in total. The van der Waals surface area contributed by atoms with Gasteiger partial charge in [-0.3, -0.25) is 0 Å². The summed E-state index contributed by atoms with van der Waals surface area (Å²) in [6.07, 6.45) is 0. The van der Waals surface area contributed by atoms with Gasteiger partial charge in [0.15, 0.2) is 36.5 Å². The van der Waals surface area contributed by atoms with E-state index in [4.69, 9.17) is 9.47 Å². The first-order valence-electron chi connectivity index (χ1n) is 19.0. The highest BCUT2D eigenvalue weighted by Crippen LogP contribution is 2.37. The van der Waals surface area contributed by atoms with Gasteiger partial charge in [0.05, 0.1) is 21.8 Å². The van der Waals surface area contributed by atoms with Crippen molar-refractivity contribution in [2.45, 2.75) is 57.1 Å². The SMILES string of the molecule is Cc1ccccc1[S+](c1ccc(Oc2ccc([I+]c3ccc(Oc4ccc([S+](c5ccccc5C)c5ccccc5C)cc4)cc3)cc2)cc1)c1ccccc1C. The molecule has 0 heterocycles. The lowest BCUT2D eigenvalue weighted by Crippen LogP contribution is -3.61. The minimum absolute atomic E-state index is 0.203. The van der Waals surface area contributed by atoms with Crippen LogP contribution in [0, 0.1) is 34.8 Å². The van der Waals surface area contributed by atoms with Gasteiger partial charge >= 0.3 is 21.2 Å². The predicted octanol–water partition coefficient (Wildman–Crippen LogP) is 10.8. The molecule has 8 aromatic rings. The molecule has 0 unspecified atom stereocenters. The maximum Gasteiger partial charge on any atom is 0.357 e. The van der Waals surface area contributed by atoms with Gasteiger partial charge in [0, 0.05) is 22.3 Å². The fourth-order valence-electron chi connectivity index (χ4n) is 6.70. The van der Waals surface area contributed by atoms with E-state index in [-0.39, 0.29) is 43.0 Å². The first-order valence-corrected chi connectivity index (χ1v) is 23.6. The minimum Gasteiger partial charge on any atom is -0.457 e. The van der Waals surface area contributed by atoms with Crippen LogP contribution >= 0.6 is 0 Å². The van der Waals surface area contributed by atoms with Crippen molar-refractivity contribution in [2.75, 3.05) is 0 Å². The Morgan fingerprint density at radius 3 is 0.807 bits per heavy atom. The quantitative estimate of drug-likeness (QED) is 0.0899. The maximum absolute atomic E-state index is 6.32. The van der Waals surface area contributed by atoms with E-state index in [1.165, 1.54) is 58.8 Å². The summed E-state index contributed by atoms with van der Waals surface area (Å²) in [5.74, 6) is 3.35. The third kappa shape index (κ3) is 9.18. The van der Waals surface area contributed by atoms with Gasteiger partial charge in [-0.15, -0.1) is 0 Å². The Morgan fingerprint density at radius 1 is 0.298 bits per heavy atom. The number of ether oxygens (including phenoxy) is 2. The zero-order valence-corrected chi connectivity index (χ0v) is 36.3. The highest BCUT2D eigenvalue weighted by molar-refractivity contribution is 7.97. The van der Waals surface area contributed by atoms with Crippen molar-refractivity contribution in [3.05, 3.63) is 224 Å². The number of halogens is 1. The molecule has 0 radical (unpaired) electrons. The molecule has 280 valence electrons. The van der Waals surface area contributed by atoms with E-state index in [2.05, 4.69) is 222 Å². The number of benzene rings is 8. The fraction of sp³-hybridized carbons (Fsp3) is 0.0769. The first kappa shape index (κ1) is 38.7. The van der Waals surface area contributed by atoms with Gasteiger partial charge in [0.1, 0.15) is 23.0 Å². The van der Waals surface area contributed by atoms with Gasteiger partial charge < -0.3 is 9.47 Å². The molecule has 0 aliphatic rings. The lowest BCUT2D eigenvalue weighted by atomic mass is 10.2. The molecule has 8 rings (SSSR count). The lowest BCUT2D eigenvalue weighted by molar-refractivity contribution is -0.597. The van der Waals surface area contributed by atoms with Gasteiger partial charge in [-0.1, -0.05) is 72.8 Å². The van der Waals surface area contributed by atoms with E-state index in [9.17, 15) is 0 Å². The Morgan fingerprint density at radius 2 is 0.544 bits per heavy atom. The topological polar surface area (TPSA) is 18.5 Å². The third-order valence-electron chi connectivity index (χ3n) is 9.69. The second-order valence-electron chi connectivity index (χ2n) is 13.8. The summed E-state index contributed by atoms with van der Waals surface area (Å²) in [7, 11) is -0.407. The molecule has 0 atom stereocenters. The summed E-state index contributed by atoms with van der Waals surface area (Å²) in [6, 6.07) is 69.2. The van der Waals surface area contributed by atoms with Crippen molar-refractivity contribution in [1.82, 2.24) is 0 Å². The van der Waals surface area contributed by atoms with Crippen molar-refractivity contribution in [3.8, 4) is 23.0 Å². The highest BCUT2D eigenvalue weighted by atomic mass is 127. The number of rotatable bonds is 12. The molecule has 0 aliphatic heterocycles. The van der Waals surface area contributed by atoms with E-state index >= 15 is 0 Å². The predicted molar refractivity (Wildman–Crippen MR) is 232 cm³/mol. The number of hydrogen-bond acceptors (Lipinski definition) is 2. The molecule has 0 saturated carbocycles. The molecule has 5 heteroatoms. The van der Waals surface area contributed by atoms with Crippen molar-refractivity contribution in [2.24, 2.45) is 0 Å². The van der Waals surface area contributed by atoms with E-state index < -0.39 is 0 Å². The molecular formula is C52H44IO2S2+3. The Balaban J connectivity index is 0.901. The summed E-state index contributed by atoms with van der Waals surface area (Å²) in [6.45, 7) is 8.82. The zero-order valence-electron chi connectivity index (χ0n) is 32.5. The Bertz CT molecular complexity index is 2310. The van der Waals surface area contributed by atoms with Gasteiger partial charge in [-0.05, 0) is 149 Å². The van der Waals surface area contributed by atoms with Crippen LogP contribution in [-0.2, 0) is 21.8 Å². The highest BCUT2D eigenvalue weighted by Gasteiger charge is 2.33. The minimum atomic E-state index is -0.353. The molecule has 0 aromatic heterocycles. The first-order chi connectivity index (χ1) is 27.9. The van der Waals surface area contributed by atoms with Crippen molar-refractivity contribution in [1.29, 1.82) is 0 Å². The second-order valence-corrected chi connectivity index (χ2v) is 20.8. The van der Waals surface area contributed by atoms with E-state index in [1.54, 1.807) is 0 Å².